The van der Waals surface area contributed by atoms with Crippen molar-refractivity contribution in [3.63, 3.8) is 0 Å². The molecule has 0 bridgehead atoms. The average Bonchev–Trinajstić information content (AvgIpc) is 3.01. The van der Waals surface area contributed by atoms with Crippen molar-refractivity contribution in [2.45, 2.75) is 39.7 Å². The van der Waals surface area contributed by atoms with Crippen LogP contribution < -0.4 is 5.32 Å². The summed E-state index contributed by atoms with van der Waals surface area (Å²) in [5, 5.41) is 3.09. The van der Waals surface area contributed by atoms with Crippen LogP contribution in [0, 0.1) is 12.8 Å². The van der Waals surface area contributed by atoms with E-state index in [-0.39, 0.29) is 11.8 Å². The molecule has 2 aromatic carbocycles. The van der Waals surface area contributed by atoms with Crippen molar-refractivity contribution in [1.82, 2.24) is 0 Å². The second-order valence-electron chi connectivity index (χ2n) is 6.97. The Balaban J connectivity index is 1.80. The lowest BCUT2D eigenvalue weighted by Crippen LogP contribution is -2.22. The van der Waals surface area contributed by atoms with Gasteiger partial charge in [-0.25, -0.2) is 0 Å². The molecule has 0 aromatic heterocycles. The van der Waals surface area contributed by atoms with Crippen molar-refractivity contribution in [3.05, 3.63) is 64.7 Å². The SMILES string of the molecule is Cc1ccc(C(CC(C)C)C(=O)Nc2ccc3c(c2)C=NC3)cc1. The summed E-state index contributed by atoms with van der Waals surface area (Å²) in [5.41, 5.74) is 5.44. The van der Waals surface area contributed by atoms with Gasteiger partial charge in [-0.1, -0.05) is 49.7 Å². The molecule has 1 atom stereocenters. The Bertz CT molecular complexity index is 760. The molecule has 1 N–H and O–H groups in total. The number of hydrogen-bond donors (Lipinski definition) is 1. The first-order valence-corrected chi connectivity index (χ1v) is 8.53. The number of aliphatic imine (C=N–C) groups is 1. The average molecular weight is 320 g/mol. The minimum Gasteiger partial charge on any atom is -0.326 e. The summed E-state index contributed by atoms with van der Waals surface area (Å²) in [7, 11) is 0. The fraction of sp³-hybridized carbons (Fsp3) is 0.333. The first-order valence-electron chi connectivity index (χ1n) is 8.53. The third-order valence-electron chi connectivity index (χ3n) is 4.41. The van der Waals surface area contributed by atoms with Crippen molar-refractivity contribution in [1.29, 1.82) is 0 Å². The molecule has 1 aliphatic heterocycles. The number of aryl methyl sites for hydroxylation is 1. The molecule has 2 aromatic rings. The molecule has 0 saturated heterocycles. The fourth-order valence-electron chi connectivity index (χ4n) is 3.07. The van der Waals surface area contributed by atoms with E-state index in [0.29, 0.717) is 5.92 Å². The van der Waals surface area contributed by atoms with Crippen LogP contribution in [-0.2, 0) is 11.3 Å². The number of carbonyl (C=O) groups excluding carboxylic acids is 1. The first kappa shape index (κ1) is 16.4. The van der Waals surface area contributed by atoms with E-state index in [1.54, 1.807) is 0 Å². The van der Waals surface area contributed by atoms with Gasteiger partial charge in [-0.05, 0) is 48.1 Å². The van der Waals surface area contributed by atoms with Crippen molar-refractivity contribution in [3.8, 4) is 0 Å². The third kappa shape index (κ3) is 3.73. The minimum atomic E-state index is -0.132. The largest absolute Gasteiger partial charge is 0.326 e. The normalized spacial score (nSPS) is 13.8. The molecule has 1 heterocycles. The van der Waals surface area contributed by atoms with Gasteiger partial charge in [0.1, 0.15) is 0 Å². The van der Waals surface area contributed by atoms with Crippen LogP contribution in [0.2, 0.25) is 0 Å². The molecule has 0 fully saturated rings. The predicted octanol–water partition coefficient (Wildman–Crippen LogP) is 4.70. The lowest BCUT2D eigenvalue weighted by Gasteiger charge is -2.19. The van der Waals surface area contributed by atoms with E-state index in [4.69, 9.17) is 0 Å². The fourth-order valence-corrected chi connectivity index (χ4v) is 3.07. The number of nitrogens with zero attached hydrogens (tertiary/aromatic N) is 1. The Hall–Kier alpha value is -2.42. The summed E-state index contributed by atoms with van der Waals surface area (Å²) in [4.78, 5) is 17.2. The van der Waals surface area contributed by atoms with E-state index in [2.05, 4.69) is 55.3 Å². The van der Waals surface area contributed by atoms with E-state index in [9.17, 15) is 4.79 Å². The zero-order valence-corrected chi connectivity index (χ0v) is 14.5. The summed E-state index contributed by atoms with van der Waals surface area (Å²) >= 11 is 0. The van der Waals surface area contributed by atoms with Gasteiger partial charge in [0.15, 0.2) is 0 Å². The topological polar surface area (TPSA) is 41.5 Å². The molecule has 1 aliphatic rings. The summed E-state index contributed by atoms with van der Waals surface area (Å²) in [6.45, 7) is 7.11. The maximum absolute atomic E-state index is 12.9. The Morgan fingerprint density at radius 2 is 1.92 bits per heavy atom. The number of fused-ring (bicyclic) bond motifs is 1. The molecule has 24 heavy (non-hydrogen) atoms. The molecule has 3 rings (SSSR count). The van der Waals surface area contributed by atoms with E-state index in [0.717, 1.165) is 29.8 Å². The van der Waals surface area contributed by atoms with Gasteiger partial charge in [-0.2, -0.15) is 0 Å². The lowest BCUT2D eigenvalue weighted by molar-refractivity contribution is -0.117. The highest BCUT2D eigenvalue weighted by Gasteiger charge is 2.22. The van der Waals surface area contributed by atoms with Gasteiger partial charge in [-0.3, -0.25) is 9.79 Å². The first-order chi connectivity index (χ1) is 11.5. The van der Waals surface area contributed by atoms with Gasteiger partial charge in [0.2, 0.25) is 5.91 Å². The summed E-state index contributed by atoms with van der Waals surface area (Å²) in [5.74, 6) is 0.379. The van der Waals surface area contributed by atoms with Crippen molar-refractivity contribution >= 4 is 17.8 Å². The summed E-state index contributed by atoms with van der Waals surface area (Å²) in [6, 6.07) is 14.3. The second kappa shape index (κ2) is 7.00. The molecular weight excluding hydrogens is 296 g/mol. The highest BCUT2D eigenvalue weighted by molar-refractivity contribution is 5.97. The monoisotopic (exact) mass is 320 g/mol. The maximum atomic E-state index is 12.9. The second-order valence-corrected chi connectivity index (χ2v) is 6.97. The predicted molar refractivity (Wildman–Crippen MR) is 99.7 cm³/mol. The molecule has 0 radical (unpaired) electrons. The van der Waals surface area contributed by atoms with Gasteiger partial charge in [0.05, 0.1) is 12.5 Å². The van der Waals surface area contributed by atoms with Crippen LogP contribution in [0.4, 0.5) is 5.69 Å². The lowest BCUT2D eigenvalue weighted by atomic mass is 9.89. The Morgan fingerprint density at radius 1 is 1.17 bits per heavy atom. The van der Waals surface area contributed by atoms with Crippen molar-refractivity contribution in [2.24, 2.45) is 10.9 Å². The van der Waals surface area contributed by atoms with E-state index < -0.39 is 0 Å². The van der Waals surface area contributed by atoms with E-state index in [1.165, 1.54) is 11.1 Å². The Morgan fingerprint density at radius 3 is 2.62 bits per heavy atom. The maximum Gasteiger partial charge on any atom is 0.231 e. The number of rotatable bonds is 5. The zero-order chi connectivity index (χ0) is 17.1. The molecular formula is C21H24N2O. The van der Waals surface area contributed by atoms with Gasteiger partial charge < -0.3 is 5.32 Å². The molecule has 124 valence electrons. The molecule has 3 heteroatoms. The number of anilines is 1. The number of hydrogen-bond acceptors (Lipinski definition) is 2. The van der Waals surface area contributed by atoms with Crippen LogP contribution in [0.1, 0.15) is 48.4 Å². The summed E-state index contributed by atoms with van der Waals surface area (Å²) in [6.07, 6.45) is 2.71. The minimum absolute atomic E-state index is 0.0578. The molecule has 1 unspecified atom stereocenters. The summed E-state index contributed by atoms with van der Waals surface area (Å²) < 4.78 is 0. The van der Waals surface area contributed by atoms with Crippen LogP contribution in [0.5, 0.6) is 0 Å². The van der Waals surface area contributed by atoms with Gasteiger partial charge in [-0.15, -0.1) is 0 Å². The number of nitrogens with one attached hydrogen (secondary N) is 1. The number of carbonyl (C=O) groups is 1. The molecule has 0 spiro atoms. The van der Waals surface area contributed by atoms with E-state index >= 15 is 0 Å². The highest BCUT2D eigenvalue weighted by atomic mass is 16.1. The number of amides is 1. The van der Waals surface area contributed by atoms with Crippen LogP contribution in [0.3, 0.4) is 0 Å². The molecule has 1 amide bonds. The molecule has 0 aliphatic carbocycles. The van der Waals surface area contributed by atoms with E-state index in [1.807, 2.05) is 24.4 Å². The van der Waals surface area contributed by atoms with Crippen molar-refractivity contribution in [2.75, 3.05) is 5.32 Å². The molecule has 0 saturated carbocycles. The quantitative estimate of drug-likeness (QED) is 0.852. The third-order valence-corrected chi connectivity index (χ3v) is 4.41. The van der Waals surface area contributed by atoms with Gasteiger partial charge in [0, 0.05) is 11.9 Å². The highest BCUT2D eigenvalue weighted by Crippen LogP contribution is 2.27. The van der Waals surface area contributed by atoms with Gasteiger partial charge >= 0.3 is 0 Å². The van der Waals surface area contributed by atoms with Gasteiger partial charge in [0.25, 0.3) is 0 Å². The van der Waals surface area contributed by atoms with Crippen LogP contribution in [0.25, 0.3) is 0 Å². The smallest absolute Gasteiger partial charge is 0.231 e. The molecule has 3 nitrogen and oxygen atoms in total. The number of benzene rings is 2. The van der Waals surface area contributed by atoms with Crippen LogP contribution >= 0.6 is 0 Å². The zero-order valence-electron chi connectivity index (χ0n) is 14.5. The van der Waals surface area contributed by atoms with Crippen molar-refractivity contribution < 1.29 is 4.79 Å². The Labute approximate surface area is 143 Å². The van der Waals surface area contributed by atoms with Crippen LogP contribution in [-0.4, -0.2) is 12.1 Å². The standard InChI is InChI=1S/C21H24N2O/c1-14(2)10-20(16-6-4-15(3)5-7-16)21(24)23-19-9-8-17-12-22-13-18(17)11-19/h4-9,11,13-14,20H,10,12H2,1-3H3,(H,23,24). The van der Waals surface area contributed by atoms with Crippen LogP contribution in [0.15, 0.2) is 47.5 Å². The Kier molecular flexibility index (Phi) is 4.79.